The van der Waals surface area contributed by atoms with E-state index in [0.717, 1.165) is 5.69 Å². The van der Waals surface area contributed by atoms with Crippen LogP contribution in [0.4, 0.5) is 5.69 Å². The van der Waals surface area contributed by atoms with Crippen molar-refractivity contribution in [1.29, 1.82) is 0 Å². The van der Waals surface area contributed by atoms with Crippen LogP contribution in [0.25, 0.3) is 0 Å². The lowest BCUT2D eigenvalue weighted by atomic mass is 10.2. The topological polar surface area (TPSA) is 92.8 Å². The van der Waals surface area contributed by atoms with Crippen molar-refractivity contribution in [3.63, 3.8) is 0 Å². The number of anilines is 1. The second-order valence-corrected chi connectivity index (χ2v) is 7.92. The number of hydrogen-bond donors (Lipinski definition) is 1. The molecule has 0 spiro atoms. The molecule has 0 aromatic heterocycles. The Morgan fingerprint density at radius 2 is 2.09 bits per heavy atom. The van der Waals surface area contributed by atoms with E-state index < -0.39 is 34.4 Å². The van der Waals surface area contributed by atoms with Crippen molar-refractivity contribution in [2.75, 3.05) is 37.1 Å². The Bertz CT molecular complexity index is 700. The van der Waals surface area contributed by atoms with Crippen molar-refractivity contribution in [1.82, 2.24) is 5.32 Å². The summed E-state index contributed by atoms with van der Waals surface area (Å²) in [5.74, 6) is -1.07. The number of carbonyl (C=O) groups is 2. The first-order valence-electron chi connectivity index (χ1n) is 7.21. The molecule has 0 unspecified atom stereocenters. The lowest BCUT2D eigenvalue weighted by molar-refractivity contribution is -0.124. The fourth-order valence-electron chi connectivity index (χ4n) is 2.30. The van der Waals surface area contributed by atoms with Gasteiger partial charge in [0.2, 0.25) is 0 Å². The molecule has 1 aromatic rings. The van der Waals surface area contributed by atoms with Crippen LogP contribution >= 0.6 is 0 Å². The molecule has 126 valence electrons. The van der Waals surface area contributed by atoms with Gasteiger partial charge in [-0.1, -0.05) is 6.07 Å². The Morgan fingerprint density at radius 3 is 2.70 bits per heavy atom. The monoisotopic (exact) mass is 340 g/mol. The first-order chi connectivity index (χ1) is 10.8. The lowest BCUT2D eigenvalue weighted by Crippen LogP contribution is -2.38. The number of carbonyl (C=O) groups excluding carboxylic acids is 2. The molecule has 1 saturated heterocycles. The first kappa shape index (κ1) is 17.3. The van der Waals surface area contributed by atoms with Crippen LogP contribution in [0.15, 0.2) is 24.3 Å². The van der Waals surface area contributed by atoms with Crippen LogP contribution in [0.2, 0.25) is 0 Å². The highest BCUT2D eigenvalue weighted by atomic mass is 32.2. The molecule has 1 aromatic carbocycles. The van der Waals surface area contributed by atoms with Crippen LogP contribution in [0.1, 0.15) is 16.8 Å². The highest BCUT2D eigenvalue weighted by molar-refractivity contribution is 7.91. The molecule has 8 heteroatoms. The maximum Gasteiger partial charge on any atom is 0.338 e. The number of ether oxygens (including phenoxy) is 1. The van der Waals surface area contributed by atoms with Gasteiger partial charge in [0.05, 0.1) is 17.1 Å². The van der Waals surface area contributed by atoms with Crippen molar-refractivity contribution in [3.05, 3.63) is 29.8 Å². The minimum atomic E-state index is -3.06. The van der Waals surface area contributed by atoms with Crippen LogP contribution in [0, 0.1) is 0 Å². The Hall–Kier alpha value is -2.09. The molecule has 0 radical (unpaired) electrons. The van der Waals surface area contributed by atoms with E-state index >= 15 is 0 Å². The van der Waals surface area contributed by atoms with Gasteiger partial charge in [-0.25, -0.2) is 13.2 Å². The van der Waals surface area contributed by atoms with Crippen molar-refractivity contribution >= 4 is 27.4 Å². The fraction of sp³-hybridized carbons (Fsp3) is 0.467. The third-order valence-electron chi connectivity index (χ3n) is 3.53. The fourth-order valence-corrected chi connectivity index (χ4v) is 3.98. The van der Waals surface area contributed by atoms with Crippen LogP contribution in [-0.4, -0.2) is 58.5 Å². The van der Waals surface area contributed by atoms with E-state index in [2.05, 4.69) is 5.32 Å². The predicted octanol–water partition coefficient (Wildman–Crippen LogP) is 0.213. The second-order valence-electron chi connectivity index (χ2n) is 5.69. The van der Waals surface area contributed by atoms with Gasteiger partial charge in [-0.3, -0.25) is 4.79 Å². The van der Waals surface area contributed by atoms with Gasteiger partial charge in [-0.2, -0.15) is 0 Å². The summed E-state index contributed by atoms with van der Waals surface area (Å²) < 4.78 is 27.6. The summed E-state index contributed by atoms with van der Waals surface area (Å²) in [6.45, 7) is -0.429. The van der Waals surface area contributed by atoms with Crippen LogP contribution in [-0.2, 0) is 19.4 Å². The highest BCUT2D eigenvalue weighted by Gasteiger charge is 2.29. The summed E-state index contributed by atoms with van der Waals surface area (Å²) in [4.78, 5) is 25.5. The van der Waals surface area contributed by atoms with Gasteiger partial charge >= 0.3 is 5.97 Å². The zero-order chi connectivity index (χ0) is 17.0. The summed E-state index contributed by atoms with van der Waals surface area (Å²) in [6.07, 6.45) is 0.396. The van der Waals surface area contributed by atoms with Gasteiger partial charge in [0.1, 0.15) is 0 Å². The van der Waals surface area contributed by atoms with E-state index in [0.29, 0.717) is 12.0 Å². The van der Waals surface area contributed by atoms with Gasteiger partial charge in [-0.05, 0) is 24.6 Å². The zero-order valence-corrected chi connectivity index (χ0v) is 13.9. The normalized spacial score (nSPS) is 19.1. The smallest absolute Gasteiger partial charge is 0.338 e. The molecule has 1 amide bonds. The Balaban J connectivity index is 1.84. The van der Waals surface area contributed by atoms with Gasteiger partial charge < -0.3 is 15.0 Å². The molecule has 1 heterocycles. The number of esters is 1. The summed E-state index contributed by atoms with van der Waals surface area (Å²) >= 11 is 0. The number of nitrogens with zero attached hydrogens (tertiary/aromatic N) is 1. The quantitative estimate of drug-likeness (QED) is 0.771. The van der Waals surface area contributed by atoms with Crippen LogP contribution in [0.3, 0.4) is 0 Å². The number of rotatable bonds is 5. The van der Waals surface area contributed by atoms with E-state index in [-0.39, 0.29) is 11.5 Å². The van der Waals surface area contributed by atoms with Crippen LogP contribution in [0.5, 0.6) is 0 Å². The summed E-state index contributed by atoms with van der Waals surface area (Å²) in [5, 5.41) is 2.57. The third kappa shape index (κ3) is 4.95. The number of nitrogens with one attached hydrogen (secondary N) is 1. The SMILES string of the molecule is CN(C)c1cccc(C(=O)OCC(=O)N[C@@H]2CCS(=O)(=O)C2)c1. The minimum Gasteiger partial charge on any atom is -0.452 e. The Labute approximate surface area is 135 Å². The zero-order valence-electron chi connectivity index (χ0n) is 13.1. The van der Waals surface area contributed by atoms with Crippen molar-refractivity contribution in [2.24, 2.45) is 0 Å². The van der Waals surface area contributed by atoms with Crippen LogP contribution < -0.4 is 10.2 Å². The maximum absolute atomic E-state index is 11.9. The first-order valence-corrected chi connectivity index (χ1v) is 9.03. The van der Waals surface area contributed by atoms with Gasteiger partial charge in [0.25, 0.3) is 5.91 Å². The average molecular weight is 340 g/mol. The number of benzene rings is 1. The van der Waals surface area contributed by atoms with Gasteiger partial charge in [0, 0.05) is 25.8 Å². The lowest BCUT2D eigenvalue weighted by Gasteiger charge is -2.14. The molecule has 1 atom stereocenters. The third-order valence-corrected chi connectivity index (χ3v) is 5.30. The van der Waals surface area contributed by atoms with E-state index in [1.54, 1.807) is 18.2 Å². The second kappa shape index (κ2) is 6.99. The van der Waals surface area contributed by atoms with Gasteiger partial charge in [-0.15, -0.1) is 0 Å². The molecule has 1 aliphatic rings. The molecule has 0 aliphatic carbocycles. The molecule has 1 fully saturated rings. The minimum absolute atomic E-state index is 0.0580. The standard InChI is InChI=1S/C15H20N2O5S/c1-17(2)13-5-3-4-11(8-13)15(19)22-9-14(18)16-12-6-7-23(20,21)10-12/h3-5,8,12H,6-7,9-10H2,1-2H3,(H,16,18)/t12-/m1/s1. The molecule has 1 N–H and O–H groups in total. The molecule has 23 heavy (non-hydrogen) atoms. The van der Waals surface area contributed by atoms with Crippen molar-refractivity contribution in [3.8, 4) is 0 Å². The molecule has 2 rings (SSSR count). The number of hydrogen-bond acceptors (Lipinski definition) is 6. The molecular formula is C15H20N2O5S. The van der Waals surface area contributed by atoms with E-state index in [9.17, 15) is 18.0 Å². The number of sulfone groups is 1. The highest BCUT2D eigenvalue weighted by Crippen LogP contribution is 2.14. The summed E-state index contributed by atoms with van der Waals surface area (Å²) in [6, 6.07) is 6.46. The van der Waals surface area contributed by atoms with Gasteiger partial charge in [0.15, 0.2) is 16.4 Å². The average Bonchev–Trinajstić information content (AvgIpc) is 2.83. The van der Waals surface area contributed by atoms with E-state index in [1.807, 2.05) is 25.1 Å². The largest absolute Gasteiger partial charge is 0.452 e. The van der Waals surface area contributed by atoms with Crippen molar-refractivity contribution in [2.45, 2.75) is 12.5 Å². The van der Waals surface area contributed by atoms with E-state index in [1.165, 1.54) is 0 Å². The number of amides is 1. The summed E-state index contributed by atoms with van der Waals surface area (Å²) in [7, 11) is 0.654. The molecule has 0 bridgehead atoms. The molecule has 0 saturated carbocycles. The maximum atomic E-state index is 11.9. The molecule has 7 nitrogen and oxygen atoms in total. The Kier molecular flexibility index (Phi) is 5.25. The van der Waals surface area contributed by atoms with E-state index in [4.69, 9.17) is 4.74 Å². The van der Waals surface area contributed by atoms with Crippen molar-refractivity contribution < 1.29 is 22.7 Å². The Morgan fingerprint density at radius 1 is 1.35 bits per heavy atom. The summed E-state index contributed by atoms with van der Waals surface area (Å²) in [5.41, 5.74) is 1.20. The predicted molar refractivity (Wildman–Crippen MR) is 86.3 cm³/mol. The molecule has 1 aliphatic heterocycles. The molecular weight excluding hydrogens is 320 g/mol.